The highest BCUT2D eigenvalue weighted by atomic mass is 32.1. The maximum atomic E-state index is 5.00. The summed E-state index contributed by atoms with van der Waals surface area (Å²) in [5, 5.41) is 13.9. The van der Waals surface area contributed by atoms with Crippen molar-refractivity contribution in [3.05, 3.63) is 21.5 Å². The number of nitrogens with zero attached hydrogens (tertiary/aromatic N) is 2. The van der Waals surface area contributed by atoms with Gasteiger partial charge in [0.15, 0.2) is 5.01 Å². The molecule has 0 bridgehead atoms. The van der Waals surface area contributed by atoms with Gasteiger partial charge in [0.25, 0.3) is 0 Å². The molecule has 6 heteroatoms. The first kappa shape index (κ1) is 13.2. The summed E-state index contributed by atoms with van der Waals surface area (Å²) in [6, 6.07) is 2.30. The Morgan fingerprint density at radius 1 is 1.32 bits per heavy atom. The smallest absolute Gasteiger partial charge is 0.157 e. The van der Waals surface area contributed by atoms with Gasteiger partial charge in [-0.1, -0.05) is 11.3 Å². The van der Waals surface area contributed by atoms with Crippen molar-refractivity contribution in [3.63, 3.8) is 0 Å². The average Bonchev–Trinajstić information content (AvgIpc) is 3.08. The summed E-state index contributed by atoms with van der Waals surface area (Å²) in [5.74, 6) is 0. The van der Waals surface area contributed by atoms with E-state index >= 15 is 0 Å². The number of aromatic nitrogens is 2. The molecule has 1 aliphatic rings. The van der Waals surface area contributed by atoms with E-state index in [1.165, 1.54) is 29.7 Å². The number of hydrogen-bond donors (Lipinski definition) is 1. The lowest BCUT2D eigenvalue weighted by Gasteiger charge is -1.99. The van der Waals surface area contributed by atoms with E-state index in [-0.39, 0.29) is 0 Å². The SMILES string of the molecule is COCCNCc1nnc(-c2cc3c(s2)CCC3)s1. The third kappa shape index (κ3) is 3.02. The van der Waals surface area contributed by atoms with Crippen molar-refractivity contribution in [2.75, 3.05) is 20.3 Å². The normalized spacial score (nSPS) is 13.9. The Bertz CT molecular complexity index is 528. The predicted octanol–water partition coefficient (Wildman–Crippen LogP) is 2.49. The van der Waals surface area contributed by atoms with Gasteiger partial charge in [-0.25, -0.2) is 0 Å². The number of aryl methyl sites for hydroxylation is 2. The van der Waals surface area contributed by atoms with Crippen molar-refractivity contribution >= 4 is 22.7 Å². The summed E-state index contributed by atoms with van der Waals surface area (Å²) in [6.45, 7) is 2.34. The molecule has 0 saturated carbocycles. The first-order chi connectivity index (χ1) is 9.36. The number of rotatable bonds is 6. The molecule has 3 rings (SSSR count). The van der Waals surface area contributed by atoms with Gasteiger partial charge in [-0.05, 0) is 30.9 Å². The van der Waals surface area contributed by atoms with Gasteiger partial charge in [0.1, 0.15) is 5.01 Å². The molecule has 102 valence electrons. The maximum absolute atomic E-state index is 5.00. The summed E-state index contributed by atoms with van der Waals surface area (Å²) >= 11 is 3.57. The molecule has 0 radical (unpaired) electrons. The van der Waals surface area contributed by atoms with E-state index in [0.717, 1.165) is 29.7 Å². The lowest BCUT2D eigenvalue weighted by molar-refractivity contribution is 0.199. The molecule has 0 saturated heterocycles. The van der Waals surface area contributed by atoms with Crippen molar-refractivity contribution < 1.29 is 4.74 Å². The Hall–Kier alpha value is -0.820. The minimum absolute atomic E-state index is 0.726. The maximum Gasteiger partial charge on any atom is 0.157 e. The molecule has 0 aliphatic heterocycles. The Kier molecular flexibility index (Phi) is 4.22. The summed E-state index contributed by atoms with van der Waals surface area (Å²) in [7, 11) is 1.71. The lowest BCUT2D eigenvalue weighted by Crippen LogP contribution is -2.18. The summed E-state index contributed by atoms with van der Waals surface area (Å²) < 4.78 is 5.00. The zero-order valence-corrected chi connectivity index (χ0v) is 12.6. The number of ether oxygens (including phenoxy) is 1. The Labute approximate surface area is 120 Å². The highest BCUT2D eigenvalue weighted by Gasteiger charge is 2.17. The molecule has 0 spiro atoms. The van der Waals surface area contributed by atoms with E-state index in [1.807, 2.05) is 11.3 Å². The summed E-state index contributed by atoms with van der Waals surface area (Å²) in [6.07, 6.45) is 3.78. The highest BCUT2D eigenvalue weighted by molar-refractivity contribution is 7.21. The van der Waals surface area contributed by atoms with Gasteiger partial charge in [-0.15, -0.1) is 21.5 Å². The van der Waals surface area contributed by atoms with E-state index in [0.29, 0.717) is 0 Å². The van der Waals surface area contributed by atoms with Crippen LogP contribution in [0.25, 0.3) is 9.88 Å². The third-order valence-corrected chi connectivity index (χ3v) is 5.51. The van der Waals surface area contributed by atoms with E-state index in [4.69, 9.17) is 4.74 Å². The summed E-state index contributed by atoms with van der Waals surface area (Å²) in [4.78, 5) is 2.83. The van der Waals surface area contributed by atoms with Gasteiger partial charge in [-0.3, -0.25) is 0 Å². The predicted molar refractivity (Wildman–Crippen MR) is 78.8 cm³/mol. The Balaban J connectivity index is 1.63. The molecule has 1 aliphatic carbocycles. The van der Waals surface area contributed by atoms with E-state index in [9.17, 15) is 0 Å². The fourth-order valence-corrected chi connectivity index (χ4v) is 4.33. The number of nitrogens with one attached hydrogen (secondary N) is 1. The molecule has 2 heterocycles. The molecule has 0 aromatic carbocycles. The van der Waals surface area contributed by atoms with Crippen LogP contribution in [0, 0.1) is 0 Å². The topological polar surface area (TPSA) is 47.0 Å². The lowest BCUT2D eigenvalue weighted by atomic mass is 10.2. The van der Waals surface area contributed by atoms with Crippen LogP contribution in [0.5, 0.6) is 0 Å². The van der Waals surface area contributed by atoms with Crippen molar-refractivity contribution in [2.45, 2.75) is 25.8 Å². The van der Waals surface area contributed by atoms with Crippen LogP contribution >= 0.6 is 22.7 Å². The molecule has 0 amide bonds. The van der Waals surface area contributed by atoms with Crippen LogP contribution in [0.15, 0.2) is 6.07 Å². The Morgan fingerprint density at radius 2 is 2.26 bits per heavy atom. The van der Waals surface area contributed by atoms with Crippen LogP contribution in [0.3, 0.4) is 0 Å². The van der Waals surface area contributed by atoms with Gasteiger partial charge >= 0.3 is 0 Å². The van der Waals surface area contributed by atoms with Gasteiger partial charge < -0.3 is 10.1 Å². The fourth-order valence-electron chi connectivity index (χ4n) is 2.23. The van der Waals surface area contributed by atoms with Crippen molar-refractivity contribution in [1.29, 1.82) is 0 Å². The molecule has 0 atom stereocenters. The molecule has 4 nitrogen and oxygen atoms in total. The molecule has 0 unspecified atom stereocenters. The number of fused-ring (bicyclic) bond motifs is 1. The highest BCUT2D eigenvalue weighted by Crippen LogP contribution is 2.37. The fraction of sp³-hybridized carbons (Fsp3) is 0.538. The second-order valence-electron chi connectivity index (χ2n) is 4.58. The van der Waals surface area contributed by atoms with Crippen LogP contribution in [0.4, 0.5) is 0 Å². The van der Waals surface area contributed by atoms with E-state index in [1.54, 1.807) is 23.3 Å². The molecular weight excluding hydrogens is 278 g/mol. The Morgan fingerprint density at radius 3 is 3.11 bits per heavy atom. The van der Waals surface area contributed by atoms with E-state index < -0.39 is 0 Å². The molecule has 2 aromatic heterocycles. The average molecular weight is 295 g/mol. The molecule has 1 N–H and O–H groups in total. The van der Waals surface area contributed by atoms with Crippen LogP contribution < -0.4 is 5.32 Å². The molecule has 0 fully saturated rings. The van der Waals surface area contributed by atoms with Gasteiger partial charge in [0.2, 0.25) is 0 Å². The number of thiophene rings is 1. The van der Waals surface area contributed by atoms with Crippen molar-refractivity contribution in [3.8, 4) is 9.88 Å². The first-order valence-electron chi connectivity index (χ1n) is 6.51. The summed E-state index contributed by atoms with van der Waals surface area (Å²) in [5.41, 5.74) is 1.52. The van der Waals surface area contributed by atoms with E-state index in [2.05, 4.69) is 21.6 Å². The second-order valence-corrected chi connectivity index (χ2v) is 6.78. The van der Waals surface area contributed by atoms with Crippen LogP contribution in [-0.4, -0.2) is 30.5 Å². The molecule has 19 heavy (non-hydrogen) atoms. The third-order valence-electron chi connectivity index (χ3n) is 3.18. The van der Waals surface area contributed by atoms with Gasteiger partial charge in [0, 0.05) is 25.1 Å². The van der Waals surface area contributed by atoms with Crippen LogP contribution in [0.1, 0.15) is 21.9 Å². The largest absolute Gasteiger partial charge is 0.383 e. The minimum atomic E-state index is 0.726. The van der Waals surface area contributed by atoms with Crippen LogP contribution in [0.2, 0.25) is 0 Å². The van der Waals surface area contributed by atoms with Crippen molar-refractivity contribution in [1.82, 2.24) is 15.5 Å². The van der Waals surface area contributed by atoms with Crippen LogP contribution in [-0.2, 0) is 24.1 Å². The standard InChI is InChI=1S/C13H17N3OS2/c1-17-6-5-14-8-12-15-16-13(19-12)11-7-9-3-2-4-10(9)18-11/h7,14H,2-6,8H2,1H3. The minimum Gasteiger partial charge on any atom is -0.383 e. The zero-order valence-electron chi connectivity index (χ0n) is 10.9. The number of methoxy groups -OCH3 is 1. The molecule has 2 aromatic rings. The second kappa shape index (κ2) is 6.09. The van der Waals surface area contributed by atoms with Gasteiger partial charge in [-0.2, -0.15) is 0 Å². The van der Waals surface area contributed by atoms with Gasteiger partial charge in [0.05, 0.1) is 11.5 Å². The number of hydrogen-bond acceptors (Lipinski definition) is 6. The monoisotopic (exact) mass is 295 g/mol. The zero-order chi connectivity index (χ0) is 13.1. The quantitative estimate of drug-likeness (QED) is 0.832. The molecular formula is C13H17N3OS2. The van der Waals surface area contributed by atoms with Crippen molar-refractivity contribution in [2.24, 2.45) is 0 Å². The first-order valence-corrected chi connectivity index (χ1v) is 8.14.